The van der Waals surface area contributed by atoms with E-state index >= 15 is 0 Å². The lowest BCUT2D eigenvalue weighted by molar-refractivity contribution is -0.139. The normalized spacial score (nSPS) is 10.6. The minimum atomic E-state index is -1.01. The van der Waals surface area contributed by atoms with Gasteiger partial charge in [-0.3, -0.25) is 19.7 Å². The molecule has 0 atom stereocenters. The predicted octanol–water partition coefficient (Wildman–Crippen LogP) is -0.161. The predicted molar refractivity (Wildman–Crippen MR) is 70.9 cm³/mol. The maximum atomic E-state index is 11.6. The third kappa shape index (κ3) is 8.90. The van der Waals surface area contributed by atoms with Crippen LogP contribution in [0.25, 0.3) is 0 Å². The number of urea groups is 1. The van der Waals surface area contributed by atoms with Crippen LogP contribution in [-0.4, -0.2) is 42.0 Å². The van der Waals surface area contributed by atoms with Crippen molar-refractivity contribution in [3.05, 3.63) is 0 Å². The summed E-state index contributed by atoms with van der Waals surface area (Å²) < 4.78 is 0. The molecule has 0 spiro atoms. The number of rotatable bonds is 7. The summed E-state index contributed by atoms with van der Waals surface area (Å²) >= 11 is 0. The average molecular weight is 287 g/mol. The standard InChI is InChI=1S/C12H21N3O5/c1-4-13-9(17)7-14-11(20)15-8(16)5-12(2,3)6-10(18)19/h4-7H2,1-3H3,(H,13,17)(H,18,19)(H2,14,15,16,20). The van der Waals surface area contributed by atoms with Crippen LogP contribution < -0.4 is 16.0 Å². The highest BCUT2D eigenvalue weighted by atomic mass is 16.4. The lowest BCUT2D eigenvalue weighted by atomic mass is 9.85. The number of carbonyl (C=O) groups excluding carboxylic acids is 3. The van der Waals surface area contributed by atoms with Gasteiger partial charge >= 0.3 is 12.0 Å². The number of carbonyl (C=O) groups is 4. The topological polar surface area (TPSA) is 125 Å². The Morgan fingerprint density at radius 1 is 1.00 bits per heavy atom. The molecule has 0 aromatic rings. The molecule has 114 valence electrons. The maximum Gasteiger partial charge on any atom is 0.321 e. The van der Waals surface area contributed by atoms with Gasteiger partial charge in [-0.25, -0.2) is 4.79 Å². The molecular formula is C12H21N3O5. The second-order valence-electron chi connectivity index (χ2n) is 5.10. The summed E-state index contributed by atoms with van der Waals surface area (Å²) in [4.78, 5) is 44.6. The van der Waals surface area contributed by atoms with Gasteiger partial charge in [0.25, 0.3) is 0 Å². The van der Waals surface area contributed by atoms with Gasteiger partial charge in [-0.15, -0.1) is 0 Å². The van der Waals surface area contributed by atoms with E-state index in [9.17, 15) is 19.2 Å². The molecule has 0 unspecified atom stereocenters. The van der Waals surface area contributed by atoms with Crippen molar-refractivity contribution < 1.29 is 24.3 Å². The SMILES string of the molecule is CCNC(=O)CNC(=O)NC(=O)CC(C)(C)CC(=O)O. The molecule has 8 heteroatoms. The van der Waals surface area contributed by atoms with E-state index in [-0.39, 0.29) is 25.3 Å². The summed E-state index contributed by atoms with van der Waals surface area (Å²) in [6, 6.07) is -0.785. The van der Waals surface area contributed by atoms with E-state index in [0.717, 1.165) is 0 Å². The number of amides is 4. The van der Waals surface area contributed by atoms with Crippen LogP contribution >= 0.6 is 0 Å². The minimum absolute atomic E-state index is 0.103. The Morgan fingerprint density at radius 3 is 2.10 bits per heavy atom. The molecule has 8 nitrogen and oxygen atoms in total. The Kier molecular flexibility index (Phi) is 7.27. The third-order valence-corrected chi connectivity index (χ3v) is 2.31. The Labute approximate surface area is 117 Å². The molecule has 0 heterocycles. The molecule has 0 aliphatic carbocycles. The molecule has 0 radical (unpaired) electrons. The van der Waals surface area contributed by atoms with Gasteiger partial charge in [0.15, 0.2) is 0 Å². The fourth-order valence-corrected chi connectivity index (χ4v) is 1.54. The Morgan fingerprint density at radius 2 is 1.60 bits per heavy atom. The van der Waals surface area contributed by atoms with E-state index < -0.39 is 23.3 Å². The van der Waals surface area contributed by atoms with Crippen LogP contribution in [0.2, 0.25) is 0 Å². The molecule has 20 heavy (non-hydrogen) atoms. The zero-order valence-corrected chi connectivity index (χ0v) is 11.9. The summed E-state index contributed by atoms with van der Waals surface area (Å²) in [5.74, 6) is -1.96. The quantitative estimate of drug-likeness (QED) is 0.518. The smallest absolute Gasteiger partial charge is 0.321 e. The van der Waals surface area contributed by atoms with Crippen molar-refractivity contribution in [2.45, 2.75) is 33.6 Å². The lowest BCUT2D eigenvalue weighted by Gasteiger charge is -2.21. The van der Waals surface area contributed by atoms with Crippen molar-refractivity contribution in [2.24, 2.45) is 5.41 Å². The first-order valence-electron chi connectivity index (χ1n) is 6.22. The Bertz CT molecular complexity index is 393. The number of imide groups is 1. The molecule has 0 fully saturated rings. The third-order valence-electron chi connectivity index (χ3n) is 2.31. The highest BCUT2D eigenvalue weighted by molar-refractivity contribution is 5.96. The van der Waals surface area contributed by atoms with Crippen LogP contribution in [0.4, 0.5) is 4.79 Å². The monoisotopic (exact) mass is 287 g/mol. The summed E-state index contributed by atoms with van der Waals surface area (Å²) in [6.07, 6.45) is -0.283. The van der Waals surface area contributed by atoms with Crippen molar-refractivity contribution in [2.75, 3.05) is 13.1 Å². The summed E-state index contributed by atoms with van der Waals surface area (Å²) in [5, 5.41) is 15.4. The van der Waals surface area contributed by atoms with Crippen LogP contribution in [0, 0.1) is 5.41 Å². The fourth-order valence-electron chi connectivity index (χ4n) is 1.54. The van der Waals surface area contributed by atoms with Crippen molar-refractivity contribution >= 4 is 23.8 Å². The van der Waals surface area contributed by atoms with Crippen molar-refractivity contribution in [3.8, 4) is 0 Å². The number of likely N-dealkylation sites (N-methyl/N-ethyl adjacent to an activating group) is 1. The summed E-state index contributed by atoms with van der Waals surface area (Å²) in [7, 11) is 0. The Hall–Kier alpha value is -2.12. The van der Waals surface area contributed by atoms with Gasteiger partial charge in [0, 0.05) is 13.0 Å². The van der Waals surface area contributed by atoms with Gasteiger partial charge in [0.1, 0.15) is 0 Å². The van der Waals surface area contributed by atoms with E-state index in [1.165, 1.54) is 0 Å². The molecule has 0 rings (SSSR count). The van der Waals surface area contributed by atoms with E-state index in [1.807, 2.05) is 5.32 Å². The summed E-state index contributed by atoms with van der Waals surface area (Å²) in [5.41, 5.74) is -0.754. The highest BCUT2D eigenvalue weighted by Crippen LogP contribution is 2.24. The van der Waals surface area contributed by atoms with Crippen molar-refractivity contribution in [3.63, 3.8) is 0 Å². The van der Waals surface area contributed by atoms with Crippen LogP contribution in [0.5, 0.6) is 0 Å². The van der Waals surface area contributed by atoms with Gasteiger partial charge in [0.2, 0.25) is 11.8 Å². The number of aliphatic carboxylic acids is 1. The number of carboxylic acid groups (broad SMARTS) is 1. The van der Waals surface area contributed by atoms with Crippen molar-refractivity contribution in [1.29, 1.82) is 0 Å². The van der Waals surface area contributed by atoms with Gasteiger partial charge in [-0.1, -0.05) is 13.8 Å². The van der Waals surface area contributed by atoms with Crippen LogP contribution in [0.3, 0.4) is 0 Å². The molecule has 0 aliphatic heterocycles. The van der Waals surface area contributed by atoms with Gasteiger partial charge in [-0.2, -0.15) is 0 Å². The number of hydrogen-bond acceptors (Lipinski definition) is 4. The maximum absolute atomic E-state index is 11.6. The molecule has 0 aromatic carbocycles. The Balaban J connectivity index is 4.11. The van der Waals surface area contributed by atoms with E-state index in [1.54, 1.807) is 20.8 Å². The second-order valence-corrected chi connectivity index (χ2v) is 5.10. The molecule has 0 aromatic heterocycles. The van der Waals surface area contributed by atoms with Crippen LogP contribution in [0.1, 0.15) is 33.6 Å². The summed E-state index contributed by atoms with van der Waals surface area (Å²) in [6.45, 7) is 5.20. The number of hydrogen-bond donors (Lipinski definition) is 4. The molecule has 0 saturated heterocycles. The molecule has 0 aliphatic rings. The first-order valence-corrected chi connectivity index (χ1v) is 6.22. The van der Waals surface area contributed by atoms with Gasteiger partial charge < -0.3 is 15.7 Å². The first kappa shape index (κ1) is 17.9. The fraction of sp³-hybridized carbons (Fsp3) is 0.667. The molecule has 0 bridgehead atoms. The van der Waals surface area contributed by atoms with Crippen LogP contribution in [-0.2, 0) is 14.4 Å². The number of nitrogens with one attached hydrogen (secondary N) is 3. The zero-order chi connectivity index (χ0) is 15.8. The number of carboxylic acids is 1. The first-order chi connectivity index (χ1) is 9.16. The second kappa shape index (κ2) is 8.13. The lowest BCUT2D eigenvalue weighted by Crippen LogP contribution is -2.45. The van der Waals surface area contributed by atoms with Crippen molar-refractivity contribution in [1.82, 2.24) is 16.0 Å². The van der Waals surface area contributed by atoms with E-state index in [4.69, 9.17) is 5.11 Å². The van der Waals surface area contributed by atoms with E-state index in [0.29, 0.717) is 6.54 Å². The van der Waals surface area contributed by atoms with Gasteiger partial charge in [-0.05, 0) is 12.3 Å². The minimum Gasteiger partial charge on any atom is -0.481 e. The van der Waals surface area contributed by atoms with E-state index in [2.05, 4.69) is 10.6 Å². The highest BCUT2D eigenvalue weighted by Gasteiger charge is 2.25. The van der Waals surface area contributed by atoms with Gasteiger partial charge in [0.05, 0.1) is 13.0 Å². The molecule has 4 amide bonds. The molecule has 4 N–H and O–H groups in total. The molecular weight excluding hydrogens is 266 g/mol. The van der Waals surface area contributed by atoms with Crippen LogP contribution in [0.15, 0.2) is 0 Å². The zero-order valence-electron chi connectivity index (χ0n) is 11.9. The molecule has 0 saturated carbocycles. The largest absolute Gasteiger partial charge is 0.481 e. The average Bonchev–Trinajstić information content (AvgIpc) is 2.23.